The molecule has 1 aromatic carbocycles. The normalized spacial score (nSPS) is 22.9. The third kappa shape index (κ3) is 4.29. The molecule has 4 heteroatoms. The third-order valence-corrected chi connectivity index (χ3v) is 4.87. The molecule has 0 aromatic heterocycles. The first-order valence-corrected chi connectivity index (χ1v) is 8.24. The molecule has 2 unspecified atom stereocenters. The lowest BCUT2D eigenvalue weighted by Gasteiger charge is -2.38. The summed E-state index contributed by atoms with van der Waals surface area (Å²) in [4.78, 5) is 5.04. The Morgan fingerprint density at radius 3 is 2.85 bits per heavy atom. The molecule has 1 aliphatic rings. The van der Waals surface area contributed by atoms with Crippen molar-refractivity contribution >= 4 is 15.9 Å². The third-order valence-electron chi connectivity index (χ3n) is 4.38. The molecule has 1 aromatic rings. The Balaban J connectivity index is 1.88. The molecule has 0 bridgehead atoms. The van der Waals surface area contributed by atoms with Crippen LogP contribution in [0, 0.1) is 0 Å². The second kappa shape index (κ2) is 7.55. The van der Waals surface area contributed by atoms with Gasteiger partial charge in [0.2, 0.25) is 0 Å². The van der Waals surface area contributed by atoms with Crippen molar-refractivity contribution in [2.24, 2.45) is 0 Å². The summed E-state index contributed by atoms with van der Waals surface area (Å²) in [6, 6.07) is 9.72. The van der Waals surface area contributed by atoms with Crippen LogP contribution >= 0.6 is 15.9 Å². The van der Waals surface area contributed by atoms with Crippen molar-refractivity contribution in [3.63, 3.8) is 0 Å². The summed E-state index contributed by atoms with van der Waals surface area (Å²) in [5, 5.41) is 3.45. The number of nitrogens with one attached hydrogen (secondary N) is 1. The Morgan fingerprint density at radius 2 is 2.20 bits per heavy atom. The molecule has 0 saturated carbocycles. The fraction of sp³-hybridized carbons (Fsp3) is 0.625. The molecular weight excluding hydrogens is 314 g/mol. The molecule has 1 aliphatic heterocycles. The molecule has 112 valence electrons. The molecule has 1 saturated heterocycles. The lowest BCUT2D eigenvalue weighted by molar-refractivity contribution is 0.102. The van der Waals surface area contributed by atoms with Gasteiger partial charge in [-0.3, -0.25) is 0 Å². The van der Waals surface area contributed by atoms with E-state index in [0.29, 0.717) is 12.1 Å². The Bertz CT molecular complexity index is 424. The number of hydrogen-bond donors (Lipinski definition) is 1. The van der Waals surface area contributed by atoms with E-state index in [4.69, 9.17) is 0 Å². The predicted molar refractivity (Wildman–Crippen MR) is 89.1 cm³/mol. The second-order valence-electron chi connectivity index (χ2n) is 5.82. The first kappa shape index (κ1) is 16.0. The van der Waals surface area contributed by atoms with Gasteiger partial charge >= 0.3 is 0 Å². The van der Waals surface area contributed by atoms with Crippen molar-refractivity contribution in [1.82, 2.24) is 15.1 Å². The van der Waals surface area contributed by atoms with Crippen molar-refractivity contribution < 1.29 is 0 Å². The predicted octanol–water partition coefficient (Wildman–Crippen LogP) is 2.74. The van der Waals surface area contributed by atoms with E-state index in [2.05, 4.69) is 76.3 Å². The highest BCUT2D eigenvalue weighted by molar-refractivity contribution is 9.10. The highest BCUT2D eigenvalue weighted by atomic mass is 79.9. The van der Waals surface area contributed by atoms with Gasteiger partial charge in [0.15, 0.2) is 0 Å². The van der Waals surface area contributed by atoms with Gasteiger partial charge in [-0.2, -0.15) is 0 Å². The van der Waals surface area contributed by atoms with E-state index < -0.39 is 0 Å². The Kier molecular flexibility index (Phi) is 6.02. The maximum absolute atomic E-state index is 3.56. The van der Waals surface area contributed by atoms with Crippen LogP contribution in [-0.4, -0.2) is 56.1 Å². The minimum atomic E-state index is 0.433. The van der Waals surface area contributed by atoms with Gasteiger partial charge in [0.1, 0.15) is 0 Å². The molecule has 1 heterocycles. The van der Waals surface area contributed by atoms with E-state index in [-0.39, 0.29) is 0 Å². The van der Waals surface area contributed by atoms with Crippen LogP contribution in [0.5, 0.6) is 0 Å². The summed E-state index contributed by atoms with van der Waals surface area (Å²) >= 11 is 3.56. The van der Waals surface area contributed by atoms with Gasteiger partial charge in [-0.05, 0) is 45.1 Å². The highest BCUT2D eigenvalue weighted by Crippen LogP contribution is 2.21. The molecule has 0 radical (unpaired) electrons. The molecule has 2 atom stereocenters. The van der Waals surface area contributed by atoms with E-state index >= 15 is 0 Å². The number of piperazine rings is 1. The van der Waals surface area contributed by atoms with Crippen LogP contribution < -0.4 is 5.32 Å². The topological polar surface area (TPSA) is 18.5 Å². The van der Waals surface area contributed by atoms with Crippen molar-refractivity contribution in [2.75, 3.05) is 40.3 Å². The van der Waals surface area contributed by atoms with Crippen LogP contribution in [0.4, 0.5) is 0 Å². The lowest BCUT2D eigenvalue weighted by Crippen LogP contribution is -2.50. The smallest absolute Gasteiger partial charge is 0.0330 e. The molecule has 3 nitrogen and oxygen atoms in total. The SMILES string of the molecule is CNC(CCN1CCN(C)C(C)C1)c1cccc(Br)c1. The summed E-state index contributed by atoms with van der Waals surface area (Å²) in [6.45, 7) is 7.04. The van der Waals surface area contributed by atoms with Crippen molar-refractivity contribution in [2.45, 2.75) is 25.4 Å². The van der Waals surface area contributed by atoms with Gasteiger partial charge < -0.3 is 15.1 Å². The van der Waals surface area contributed by atoms with Crippen LogP contribution in [0.2, 0.25) is 0 Å². The number of hydrogen-bond acceptors (Lipinski definition) is 3. The molecular formula is C16H26BrN3. The van der Waals surface area contributed by atoms with Gasteiger partial charge in [-0.1, -0.05) is 28.1 Å². The molecule has 1 fully saturated rings. The van der Waals surface area contributed by atoms with Crippen molar-refractivity contribution in [3.05, 3.63) is 34.3 Å². The Morgan fingerprint density at radius 1 is 1.40 bits per heavy atom. The zero-order valence-electron chi connectivity index (χ0n) is 12.8. The minimum Gasteiger partial charge on any atom is -0.313 e. The standard InChI is InChI=1S/C16H26BrN3/c1-13-12-20(10-9-19(13)3)8-7-16(18-2)14-5-4-6-15(17)11-14/h4-6,11,13,16,18H,7-10,12H2,1-3H3. The van der Waals surface area contributed by atoms with Gasteiger partial charge in [0.05, 0.1) is 0 Å². The lowest BCUT2D eigenvalue weighted by atomic mass is 10.0. The highest BCUT2D eigenvalue weighted by Gasteiger charge is 2.21. The molecule has 2 rings (SSSR count). The number of halogens is 1. The molecule has 0 aliphatic carbocycles. The van der Waals surface area contributed by atoms with Gasteiger partial charge in [0.25, 0.3) is 0 Å². The minimum absolute atomic E-state index is 0.433. The summed E-state index contributed by atoms with van der Waals surface area (Å²) < 4.78 is 1.16. The number of nitrogens with zero attached hydrogens (tertiary/aromatic N) is 2. The first-order chi connectivity index (χ1) is 9.60. The van der Waals surface area contributed by atoms with E-state index in [1.807, 2.05) is 0 Å². The van der Waals surface area contributed by atoms with E-state index in [1.54, 1.807) is 0 Å². The maximum atomic E-state index is 3.56. The average Bonchev–Trinajstić information content (AvgIpc) is 2.43. The summed E-state index contributed by atoms with van der Waals surface area (Å²) in [6.07, 6.45) is 1.16. The first-order valence-electron chi connectivity index (χ1n) is 7.45. The van der Waals surface area contributed by atoms with E-state index in [1.165, 1.54) is 25.2 Å². The van der Waals surface area contributed by atoms with Crippen LogP contribution in [0.15, 0.2) is 28.7 Å². The van der Waals surface area contributed by atoms with Gasteiger partial charge in [0, 0.05) is 42.7 Å². The van der Waals surface area contributed by atoms with Crippen LogP contribution in [0.1, 0.15) is 24.9 Å². The van der Waals surface area contributed by atoms with Crippen molar-refractivity contribution in [3.8, 4) is 0 Å². The summed E-state index contributed by atoms with van der Waals surface area (Å²) in [7, 11) is 4.28. The summed E-state index contributed by atoms with van der Waals surface area (Å²) in [5.41, 5.74) is 1.36. The number of benzene rings is 1. The largest absolute Gasteiger partial charge is 0.313 e. The Hall–Kier alpha value is -0.420. The molecule has 1 N–H and O–H groups in total. The quantitative estimate of drug-likeness (QED) is 0.889. The van der Waals surface area contributed by atoms with Crippen molar-refractivity contribution in [1.29, 1.82) is 0 Å². The van der Waals surface area contributed by atoms with Crippen LogP contribution in [0.3, 0.4) is 0 Å². The van der Waals surface area contributed by atoms with E-state index in [0.717, 1.165) is 17.4 Å². The van der Waals surface area contributed by atoms with Gasteiger partial charge in [-0.15, -0.1) is 0 Å². The van der Waals surface area contributed by atoms with Crippen LogP contribution in [0.25, 0.3) is 0 Å². The maximum Gasteiger partial charge on any atom is 0.0330 e. The monoisotopic (exact) mass is 339 g/mol. The Labute approximate surface area is 131 Å². The average molecular weight is 340 g/mol. The zero-order valence-corrected chi connectivity index (χ0v) is 14.4. The number of likely N-dealkylation sites (N-methyl/N-ethyl adjacent to an activating group) is 1. The van der Waals surface area contributed by atoms with E-state index in [9.17, 15) is 0 Å². The fourth-order valence-corrected chi connectivity index (χ4v) is 3.26. The van der Waals surface area contributed by atoms with Gasteiger partial charge in [-0.25, -0.2) is 0 Å². The summed E-state index contributed by atoms with van der Waals surface area (Å²) in [5.74, 6) is 0. The zero-order chi connectivity index (χ0) is 14.5. The fourth-order valence-electron chi connectivity index (χ4n) is 2.84. The molecule has 0 spiro atoms. The van der Waals surface area contributed by atoms with Crippen LogP contribution in [-0.2, 0) is 0 Å². The molecule has 20 heavy (non-hydrogen) atoms. The molecule has 0 amide bonds. The second-order valence-corrected chi connectivity index (χ2v) is 6.73. The number of rotatable bonds is 5.